The first-order valence-electron chi connectivity index (χ1n) is 9.37. The first-order chi connectivity index (χ1) is 14.5. The van der Waals surface area contributed by atoms with Gasteiger partial charge < -0.3 is 20.3 Å². The van der Waals surface area contributed by atoms with Crippen molar-refractivity contribution in [3.63, 3.8) is 0 Å². The van der Waals surface area contributed by atoms with Gasteiger partial charge in [-0.1, -0.05) is 0 Å². The molecule has 0 radical (unpaired) electrons. The summed E-state index contributed by atoms with van der Waals surface area (Å²) in [5.41, 5.74) is 1.09. The molecule has 0 aliphatic carbocycles. The quantitative estimate of drug-likeness (QED) is 0.639. The van der Waals surface area contributed by atoms with Crippen LogP contribution in [0.25, 0.3) is 5.82 Å². The molecule has 154 valence electrons. The van der Waals surface area contributed by atoms with Gasteiger partial charge in [0.05, 0.1) is 18.7 Å². The molecule has 1 fully saturated rings. The highest BCUT2D eigenvalue weighted by Crippen LogP contribution is 2.30. The third kappa shape index (κ3) is 4.07. The number of methoxy groups -OCH3 is 1. The van der Waals surface area contributed by atoms with Crippen molar-refractivity contribution in [2.45, 2.75) is 6.92 Å². The van der Waals surface area contributed by atoms with E-state index in [1.165, 1.54) is 20.4 Å². The molecule has 2 N–H and O–H groups in total. The van der Waals surface area contributed by atoms with E-state index in [1.807, 2.05) is 17.0 Å². The molecule has 0 saturated carbocycles. The summed E-state index contributed by atoms with van der Waals surface area (Å²) in [5.74, 6) is 1.43. The third-order valence-corrected chi connectivity index (χ3v) is 4.73. The minimum Gasteiger partial charge on any atom is -0.495 e. The number of benzene rings is 1. The molecule has 1 aliphatic rings. The topological polar surface area (TPSA) is 114 Å². The minimum absolute atomic E-state index is 0.120. The molecule has 2 amide bonds. The Morgan fingerprint density at radius 1 is 1.13 bits per heavy atom. The lowest BCUT2D eigenvalue weighted by molar-refractivity contribution is -0.120. The molecule has 1 aliphatic heterocycles. The first kappa shape index (κ1) is 19.4. The molecule has 3 heterocycles. The molecule has 10 nitrogen and oxygen atoms in total. The van der Waals surface area contributed by atoms with Gasteiger partial charge in [-0.25, -0.2) is 14.6 Å². The smallest absolute Gasteiger partial charge is 0.231 e. The lowest BCUT2D eigenvalue weighted by Gasteiger charge is -2.39. The Bertz CT molecular complexity index is 1060. The number of hydrogen-bond acceptors (Lipinski definition) is 7. The van der Waals surface area contributed by atoms with E-state index in [9.17, 15) is 9.59 Å². The van der Waals surface area contributed by atoms with Crippen molar-refractivity contribution in [3.8, 4) is 11.6 Å². The highest BCUT2D eigenvalue weighted by molar-refractivity contribution is 5.97. The summed E-state index contributed by atoms with van der Waals surface area (Å²) in [6.07, 6.45) is 4.97. The fourth-order valence-electron chi connectivity index (χ4n) is 3.19. The van der Waals surface area contributed by atoms with Crippen molar-refractivity contribution in [2.75, 3.05) is 35.7 Å². The van der Waals surface area contributed by atoms with Crippen LogP contribution in [0, 0.1) is 5.92 Å². The number of rotatable bonds is 6. The van der Waals surface area contributed by atoms with Gasteiger partial charge in [0.15, 0.2) is 5.82 Å². The number of hydrogen-bond donors (Lipinski definition) is 2. The lowest BCUT2D eigenvalue weighted by Crippen LogP contribution is -2.52. The average Bonchev–Trinajstić information content (AvgIpc) is 3.22. The predicted molar refractivity (Wildman–Crippen MR) is 111 cm³/mol. The maximum Gasteiger partial charge on any atom is 0.231 e. The van der Waals surface area contributed by atoms with Gasteiger partial charge in [0.1, 0.15) is 17.9 Å². The highest BCUT2D eigenvalue weighted by Gasteiger charge is 2.34. The standard InChI is InChI=1S/C20H21N7O3/c1-13(28)24-15-4-5-17(30-2)16(8-15)25-20(29)14-10-26(11-14)18-9-19(22-12-21-18)27-7-3-6-23-27/h3-9,12,14H,10-11H2,1-2H3,(H,24,28)(H,25,29). The summed E-state index contributed by atoms with van der Waals surface area (Å²) < 4.78 is 6.97. The van der Waals surface area contributed by atoms with Crippen LogP contribution in [0.15, 0.2) is 49.1 Å². The number of carbonyl (C=O) groups excluding carboxylic acids is 2. The van der Waals surface area contributed by atoms with Gasteiger partial charge in [-0.05, 0) is 24.3 Å². The number of nitrogens with one attached hydrogen (secondary N) is 2. The SMILES string of the molecule is COc1ccc(NC(C)=O)cc1NC(=O)C1CN(c2cc(-n3cccn3)ncn2)C1. The van der Waals surface area contributed by atoms with Crippen LogP contribution in [0.2, 0.25) is 0 Å². The number of aromatic nitrogens is 4. The number of ether oxygens (including phenoxy) is 1. The van der Waals surface area contributed by atoms with Crippen LogP contribution in [-0.4, -0.2) is 51.8 Å². The van der Waals surface area contributed by atoms with Crippen molar-refractivity contribution in [1.82, 2.24) is 19.7 Å². The van der Waals surface area contributed by atoms with Crippen molar-refractivity contribution >= 4 is 29.0 Å². The average molecular weight is 407 g/mol. The largest absolute Gasteiger partial charge is 0.495 e. The Hall–Kier alpha value is -3.95. The van der Waals surface area contributed by atoms with Crippen molar-refractivity contribution in [2.24, 2.45) is 5.92 Å². The van der Waals surface area contributed by atoms with Crippen molar-refractivity contribution < 1.29 is 14.3 Å². The second kappa shape index (κ2) is 8.19. The van der Waals surface area contributed by atoms with Crippen LogP contribution in [0.5, 0.6) is 5.75 Å². The van der Waals surface area contributed by atoms with Crippen LogP contribution in [0.3, 0.4) is 0 Å². The lowest BCUT2D eigenvalue weighted by atomic mass is 9.99. The molecule has 2 aromatic heterocycles. The molecular formula is C20H21N7O3. The molecule has 1 saturated heterocycles. The van der Waals surface area contributed by atoms with E-state index in [4.69, 9.17) is 4.74 Å². The zero-order chi connectivity index (χ0) is 21.1. The van der Waals surface area contributed by atoms with Gasteiger partial charge in [-0.15, -0.1) is 0 Å². The summed E-state index contributed by atoms with van der Waals surface area (Å²) >= 11 is 0. The summed E-state index contributed by atoms with van der Waals surface area (Å²) in [7, 11) is 1.53. The van der Waals surface area contributed by atoms with Gasteiger partial charge in [0.25, 0.3) is 0 Å². The van der Waals surface area contributed by atoms with Crippen molar-refractivity contribution in [1.29, 1.82) is 0 Å². The maximum absolute atomic E-state index is 12.7. The Morgan fingerprint density at radius 3 is 2.63 bits per heavy atom. The second-order valence-electron chi connectivity index (χ2n) is 6.87. The first-order valence-corrected chi connectivity index (χ1v) is 9.37. The van der Waals surface area contributed by atoms with Crippen LogP contribution >= 0.6 is 0 Å². The molecule has 0 bridgehead atoms. The van der Waals surface area contributed by atoms with E-state index in [2.05, 4.69) is 25.7 Å². The summed E-state index contributed by atoms with van der Waals surface area (Å²) in [6.45, 7) is 2.50. The van der Waals surface area contributed by atoms with Gasteiger partial charge in [0.2, 0.25) is 11.8 Å². The molecule has 10 heteroatoms. The molecule has 0 unspecified atom stereocenters. The predicted octanol–water partition coefficient (Wildman–Crippen LogP) is 1.70. The van der Waals surface area contributed by atoms with Crippen LogP contribution in [-0.2, 0) is 9.59 Å². The number of amides is 2. The fraction of sp³-hybridized carbons (Fsp3) is 0.250. The van der Waals surface area contributed by atoms with Crippen LogP contribution < -0.4 is 20.3 Å². The molecule has 30 heavy (non-hydrogen) atoms. The normalized spacial score (nSPS) is 13.5. The van der Waals surface area contributed by atoms with Gasteiger partial charge in [-0.3, -0.25) is 9.59 Å². The highest BCUT2D eigenvalue weighted by atomic mass is 16.5. The maximum atomic E-state index is 12.7. The fourth-order valence-corrected chi connectivity index (χ4v) is 3.19. The van der Waals surface area contributed by atoms with E-state index >= 15 is 0 Å². The van der Waals surface area contributed by atoms with E-state index < -0.39 is 0 Å². The molecule has 4 rings (SSSR count). The monoisotopic (exact) mass is 407 g/mol. The number of carbonyl (C=O) groups is 2. The Balaban J connectivity index is 1.40. The number of anilines is 3. The van der Waals surface area contributed by atoms with Gasteiger partial charge in [-0.2, -0.15) is 5.10 Å². The van der Waals surface area contributed by atoms with E-state index in [-0.39, 0.29) is 17.7 Å². The molecule has 1 aromatic carbocycles. The molecule has 0 spiro atoms. The molecule has 3 aromatic rings. The van der Waals surface area contributed by atoms with Crippen LogP contribution in [0.1, 0.15) is 6.92 Å². The third-order valence-electron chi connectivity index (χ3n) is 4.73. The van der Waals surface area contributed by atoms with E-state index in [0.29, 0.717) is 36.0 Å². The minimum atomic E-state index is -0.192. The molecule has 0 atom stereocenters. The van der Waals surface area contributed by atoms with E-state index in [1.54, 1.807) is 35.3 Å². The summed E-state index contributed by atoms with van der Waals surface area (Å²) in [6, 6.07) is 8.75. The Kier molecular flexibility index (Phi) is 5.29. The van der Waals surface area contributed by atoms with Gasteiger partial charge in [0, 0.05) is 44.2 Å². The Morgan fingerprint density at radius 2 is 1.93 bits per heavy atom. The Labute approximate surface area is 172 Å². The molecular weight excluding hydrogens is 386 g/mol. The summed E-state index contributed by atoms with van der Waals surface area (Å²) in [5, 5.41) is 9.76. The second-order valence-corrected chi connectivity index (χ2v) is 6.87. The van der Waals surface area contributed by atoms with Gasteiger partial charge >= 0.3 is 0 Å². The zero-order valence-electron chi connectivity index (χ0n) is 16.6. The summed E-state index contributed by atoms with van der Waals surface area (Å²) in [4.78, 5) is 34.5. The van der Waals surface area contributed by atoms with Crippen molar-refractivity contribution in [3.05, 3.63) is 49.1 Å². The van der Waals surface area contributed by atoms with E-state index in [0.717, 1.165) is 5.82 Å². The van der Waals surface area contributed by atoms with Crippen LogP contribution in [0.4, 0.5) is 17.2 Å². The number of nitrogens with zero attached hydrogens (tertiary/aromatic N) is 5. The zero-order valence-corrected chi connectivity index (χ0v) is 16.6.